The lowest BCUT2D eigenvalue weighted by atomic mass is 10.0. The molecule has 128 valence electrons. The maximum atomic E-state index is 14.4. The first-order chi connectivity index (χ1) is 12.0. The summed E-state index contributed by atoms with van der Waals surface area (Å²) in [5.74, 6) is 0. The highest BCUT2D eigenvalue weighted by molar-refractivity contribution is 7.80. The molecule has 1 saturated carbocycles. The van der Waals surface area contributed by atoms with Gasteiger partial charge in [-0.1, -0.05) is 42.5 Å². The number of aliphatic hydroxyl groups is 1. The molecule has 0 spiro atoms. The maximum Gasteiger partial charge on any atom is 0.129 e. The van der Waals surface area contributed by atoms with Crippen molar-refractivity contribution >= 4 is 28.1 Å². The minimum absolute atomic E-state index is 0.0336. The van der Waals surface area contributed by atoms with Gasteiger partial charge in [-0.3, -0.25) is 0 Å². The van der Waals surface area contributed by atoms with Crippen LogP contribution in [0.15, 0.2) is 48.7 Å². The molecule has 0 atom stereocenters. The van der Waals surface area contributed by atoms with E-state index in [-0.39, 0.29) is 6.61 Å². The van der Waals surface area contributed by atoms with Gasteiger partial charge in [-0.15, -0.1) is 0 Å². The van der Waals surface area contributed by atoms with Gasteiger partial charge in [0.05, 0.1) is 13.2 Å². The van der Waals surface area contributed by atoms with Crippen LogP contribution in [0.2, 0.25) is 0 Å². The van der Waals surface area contributed by atoms with Crippen molar-refractivity contribution in [2.45, 2.75) is 31.7 Å². The number of hydrogen-bond donors (Lipinski definition) is 2. The van der Waals surface area contributed by atoms with Crippen LogP contribution in [0.1, 0.15) is 24.0 Å². The number of nitrogens with zero attached hydrogens (tertiary/aromatic N) is 1. The van der Waals surface area contributed by atoms with Crippen LogP contribution in [0.3, 0.4) is 0 Å². The fraction of sp³-hybridized carbons (Fsp3) is 0.250. The number of aromatic nitrogens is 1. The third-order valence-electron chi connectivity index (χ3n) is 4.83. The molecule has 0 aliphatic heterocycles. The minimum Gasteiger partial charge on any atom is -0.392 e. The Balaban J connectivity index is 1.88. The average Bonchev–Trinajstić information content (AvgIpc) is 3.24. The zero-order valence-electron chi connectivity index (χ0n) is 13.7. The van der Waals surface area contributed by atoms with Gasteiger partial charge in [0.25, 0.3) is 0 Å². The van der Waals surface area contributed by atoms with Crippen molar-refractivity contribution in [3.8, 4) is 11.1 Å². The van der Waals surface area contributed by atoms with E-state index in [1.54, 1.807) is 0 Å². The van der Waals surface area contributed by atoms with Crippen molar-refractivity contribution in [1.82, 2.24) is 4.57 Å². The molecular formula is C20H19FN2OS. The van der Waals surface area contributed by atoms with Gasteiger partial charge in [0.2, 0.25) is 0 Å². The Morgan fingerprint density at radius 1 is 1.24 bits per heavy atom. The summed E-state index contributed by atoms with van der Waals surface area (Å²) < 4.78 is 16.3. The highest BCUT2D eigenvalue weighted by Gasteiger charge is 2.43. The van der Waals surface area contributed by atoms with Crippen LogP contribution >= 0.6 is 12.2 Å². The summed E-state index contributed by atoms with van der Waals surface area (Å²) >= 11 is 5.08. The van der Waals surface area contributed by atoms with Crippen LogP contribution in [0, 0.1) is 0 Å². The molecule has 4 rings (SSSR count). The first-order valence-electron chi connectivity index (χ1n) is 8.31. The van der Waals surface area contributed by atoms with Gasteiger partial charge >= 0.3 is 0 Å². The van der Waals surface area contributed by atoms with Crippen LogP contribution < -0.4 is 5.73 Å². The molecule has 1 aromatic heterocycles. The van der Waals surface area contributed by atoms with Crippen molar-refractivity contribution in [2.24, 2.45) is 5.73 Å². The number of hydrogen-bond acceptors (Lipinski definition) is 2. The molecule has 5 heteroatoms. The molecule has 25 heavy (non-hydrogen) atoms. The second-order valence-electron chi connectivity index (χ2n) is 6.78. The van der Waals surface area contributed by atoms with Crippen molar-refractivity contribution in [1.29, 1.82) is 0 Å². The highest BCUT2D eigenvalue weighted by atomic mass is 32.1. The van der Waals surface area contributed by atoms with Gasteiger partial charge in [0.15, 0.2) is 0 Å². The number of alkyl halides is 1. The van der Waals surface area contributed by atoms with Gasteiger partial charge in [-0.25, -0.2) is 4.39 Å². The number of benzene rings is 2. The largest absolute Gasteiger partial charge is 0.392 e. The Morgan fingerprint density at radius 2 is 2.04 bits per heavy atom. The summed E-state index contributed by atoms with van der Waals surface area (Å²) in [6, 6.07) is 13.6. The number of rotatable bonds is 5. The monoisotopic (exact) mass is 354 g/mol. The molecule has 1 heterocycles. The zero-order valence-corrected chi connectivity index (χ0v) is 14.5. The second-order valence-corrected chi connectivity index (χ2v) is 7.22. The predicted molar refractivity (Wildman–Crippen MR) is 102 cm³/mol. The van der Waals surface area contributed by atoms with E-state index >= 15 is 0 Å². The molecule has 1 aliphatic rings. The van der Waals surface area contributed by atoms with Gasteiger partial charge in [-0.05, 0) is 36.1 Å². The van der Waals surface area contributed by atoms with Crippen LogP contribution in [-0.4, -0.2) is 20.3 Å². The molecule has 0 amide bonds. The third-order valence-corrected chi connectivity index (χ3v) is 5.07. The van der Waals surface area contributed by atoms with E-state index in [2.05, 4.69) is 0 Å². The number of fused-ring (bicyclic) bond motifs is 1. The van der Waals surface area contributed by atoms with E-state index in [1.807, 2.05) is 53.2 Å². The van der Waals surface area contributed by atoms with Gasteiger partial charge in [0, 0.05) is 28.2 Å². The molecule has 1 fully saturated rings. The molecule has 2 aromatic carbocycles. The average molecular weight is 354 g/mol. The summed E-state index contributed by atoms with van der Waals surface area (Å²) in [4.78, 5) is 0.355. The van der Waals surface area contributed by atoms with E-state index in [4.69, 9.17) is 18.0 Å². The van der Waals surface area contributed by atoms with Crippen LogP contribution in [-0.2, 0) is 13.2 Å². The second kappa shape index (κ2) is 5.93. The predicted octanol–water partition coefficient (Wildman–Crippen LogP) is 3.94. The lowest BCUT2D eigenvalue weighted by molar-refractivity contribution is 0.273. The number of nitrogens with two attached hydrogens (primary N) is 1. The van der Waals surface area contributed by atoms with Crippen LogP contribution in [0.25, 0.3) is 22.0 Å². The maximum absolute atomic E-state index is 14.4. The Morgan fingerprint density at radius 3 is 2.72 bits per heavy atom. The fourth-order valence-electron chi connectivity index (χ4n) is 3.24. The summed E-state index contributed by atoms with van der Waals surface area (Å²) in [7, 11) is 0. The van der Waals surface area contributed by atoms with Gasteiger partial charge in [0.1, 0.15) is 10.7 Å². The third kappa shape index (κ3) is 3.05. The first kappa shape index (κ1) is 16.2. The SMILES string of the molecule is NC(=S)c1cccc(-c2cn(CC3(F)CC3)c3cc(CO)ccc23)c1. The van der Waals surface area contributed by atoms with Crippen molar-refractivity contribution < 1.29 is 9.50 Å². The van der Waals surface area contributed by atoms with Crippen LogP contribution in [0.5, 0.6) is 0 Å². The smallest absolute Gasteiger partial charge is 0.129 e. The molecule has 0 bridgehead atoms. The van der Waals surface area contributed by atoms with E-state index in [0.717, 1.165) is 33.2 Å². The fourth-order valence-corrected chi connectivity index (χ4v) is 3.36. The molecule has 3 aromatic rings. The van der Waals surface area contributed by atoms with Crippen molar-refractivity contribution in [2.75, 3.05) is 0 Å². The lowest BCUT2D eigenvalue weighted by Crippen LogP contribution is -2.11. The number of halogens is 1. The summed E-state index contributed by atoms with van der Waals surface area (Å²) in [6.07, 6.45) is 3.21. The van der Waals surface area contributed by atoms with Crippen LogP contribution in [0.4, 0.5) is 4.39 Å². The molecule has 1 aliphatic carbocycles. The Hall–Kier alpha value is -2.24. The minimum atomic E-state index is -1.10. The van der Waals surface area contributed by atoms with E-state index in [9.17, 15) is 9.50 Å². The molecule has 3 nitrogen and oxygen atoms in total. The standard InChI is InChI=1S/C20H19FN2OS/c21-20(6-7-20)12-23-10-17(14-2-1-3-15(9-14)19(22)25)16-5-4-13(11-24)8-18(16)23/h1-5,8-10,24H,6-7,11-12H2,(H2,22,25). The van der Waals surface area contributed by atoms with E-state index in [0.29, 0.717) is 24.4 Å². The topological polar surface area (TPSA) is 51.2 Å². The highest BCUT2D eigenvalue weighted by Crippen LogP contribution is 2.43. The number of aliphatic hydroxyl groups excluding tert-OH is 1. The van der Waals surface area contributed by atoms with Crippen molar-refractivity contribution in [3.63, 3.8) is 0 Å². The Kier molecular flexibility index (Phi) is 3.85. The molecule has 3 N–H and O–H groups in total. The van der Waals surface area contributed by atoms with E-state index < -0.39 is 5.67 Å². The normalized spacial score (nSPS) is 15.4. The summed E-state index contributed by atoms with van der Waals surface area (Å²) in [6.45, 7) is 0.307. The summed E-state index contributed by atoms with van der Waals surface area (Å²) in [5, 5.41) is 10.5. The Bertz CT molecular complexity index is 975. The first-order valence-corrected chi connectivity index (χ1v) is 8.72. The molecular weight excluding hydrogens is 335 g/mol. The van der Waals surface area contributed by atoms with Crippen molar-refractivity contribution in [3.05, 3.63) is 59.8 Å². The summed E-state index contributed by atoms with van der Waals surface area (Å²) in [5.41, 5.74) is 9.23. The lowest BCUT2D eigenvalue weighted by Gasteiger charge is -2.08. The molecule has 0 saturated heterocycles. The quantitative estimate of drug-likeness (QED) is 0.683. The van der Waals surface area contributed by atoms with E-state index in [1.165, 1.54) is 0 Å². The number of thiocarbonyl (C=S) groups is 1. The molecule has 0 unspecified atom stereocenters. The Labute approximate surface area is 150 Å². The van der Waals surface area contributed by atoms with Gasteiger partial charge in [-0.2, -0.15) is 0 Å². The zero-order chi connectivity index (χ0) is 17.6. The molecule has 0 radical (unpaired) electrons. The van der Waals surface area contributed by atoms with Gasteiger partial charge < -0.3 is 15.4 Å².